The highest BCUT2D eigenvalue weighted by Crippen LogP contribution is 2.41. The van der Waals surface area contributed by atoms with Gasteiger partial charge >= 0.3 is 0 Å². The molecule has 2 aromatic carbocycles. The van der Waals surface area contributed by atoms with Gasteiger partial charge in [-0.2, -0.15) is 0 Å². The van der Waals surface area contributed by atoms with Gasteiger partial charge < -0.3 is 15.3 Å². The van der Waals surface area contributed by atoms with Gasteiger partial charge in [-0.1, -0.05) is 12.1 Å². The van der Waals surface area contributed by atoms with E-state index in [2.05, 4.69) is 20.3 Å². The second-order valence-electron chi connectivity index (χ2n) is 6.30. The molecule has 1 atom stereocenters. The van der Waals surface area contributed by atoms with E-state index in [-0.39, 0.29) is 23.3 Å². The van der Waals surface area contributed by atoms with Gasteiger partial charge in [0.15, 0.2) is 11.5 Å². The highest BCUT2D eigenvalue weighted by molar-refractivity contribution is 5.61. The third-order valence-electron chi connectivity index (χ3n) is 4.35. The van der Waals surface area contributed by atoms with E-state index in [1.807, 2.05) is 18.2 Å². The Morgan fingerprint density at radius 3 is 2.27 bits per heavy atom. The van der Waals surface area contributed by atoms with Gasteiger partial charge in [-0.25, -0.2) is 0 Å². The number of hydrogen-bond donors (Lipinski definition) is 3. The Labute approximate surface area is 129 Å². The lowest BCUT2D eigenvalue weighted by Gasteiger charge is -2.38. The van der Waals surface area contributed by atoms with Crippen LogP contribution in [0.1, 0.15) is 22.7 Å². The maximum absolute atomic E-state index is 9.85. The molecule has 1 aliphatic rings. The van der Waals surface area contributed by atoms with E-state index < -0.39 is 0 Å². The molecule has 0 spiro atoms. The number of phenolic OH excluding ortho intramolecular Hbond substituents is 3. The first-order valence-electron chi connectivity index (χ1n) is 7.23. The van der Waals surface area contributed by atoms with Crippen molar-refractivity contribution in [3.8, 4) is 17.2 Å². The first kappa shape index (κ1) is 14.5. The summed E-state index contributed by atoms with van der Waals surface area (Å²) in [5.74, 6) is 0.0627. The molecule has 1 unspecified atom stereocenters. The normalized spacial score (nSPS) is 18.9. The minimum Gasteiger partial charge on any atom is -0.508 e. The molecule has 2 aromatic rings. The van der Waals surface area contributed by atoms with Gasteiger partial charge in [0.1, 0.15) is 11.8 Å². The molecular formula is C18H20NO3+. The average molecular weight is 298 g/mol. The summed E-state index contributed by atoms with van der Waals surface area (Å²) in [6, 6.07) is 10.6. The molecule has 1 heterocycles. The topological polar surface area (TPSA) is 60.7 Å². The SMILES string of the molecule is C[N+]1(C)C=Cc2cc(O)c(O)cc2C1Cc1ccc(O)cc1. The number of benzene rings is 2. The molecule has 4 heteroatoms. The van der Waals surface area contributed by atoms with Gasteiger partial charge in [-0.3, -0.25) is 4.48 Å². The molecule has 0 aliphatic carbocycles. The molecule has 0 bridgehead atoms. The Balaban J connectivity index is 2.03. The van der Waals surface area contributed by atoms with Crippen LogP contribution in [0.15, 0.2) is 42.6 Å². The molecule has 0 fully saturated rings. The van der Waals surface area contributed by atoms with E-state index >= 15 is 0 Å². The van der Waals surface area contributed by atoms with Crippen LogP contribution in [-0.4, -0.2) is 33.9 Å². The fourth-order valence-corrected chi connectivity index (χ4v) is 2.98. The van der Waals surface area contributed by atoms with Crippen molar-refractivity contribution >= 4 is 6.08 Å². The highest BCUT2D eigenvalue weighted by atomic mass is 16.3. The molecule has 4 nitrogen and oxygen atoms in total. The standard InChI is InChI=1S/C18H19NO3/c1-19(2)8-7-13-10-17(21)18(22)11-15(13)16(19)9-12-3-5-14(20)6-4-12/h3-8,10-11,16H,9H2,1-2H3,(H2-,20,21,22)/p+1. The summed E-state index contributed by atoms with van der Waals surface area (Å²) >= 11 is 0. The van der Waals surface area contributed by atoms with Crippen LogP contribution in [0.25, 0.3) is 6.08 Å². The number of phenols is 3. The van der Waals surface area contributed by atoms with Crippen LogP contribution in [0.3, 0.4) is 0 Å². The number of nitrogens with zero attached hydrogens (tertiary/aromatic N) is 1. The van der Waals surface area contributed by atoms with Crippen LogP contribution in [0.2, 0.25) is 0 Å². The summed E-state index contributed by atoms with van der Waals surface area (Å²) < 4.78 is 0.651. The van der Waals surface area contributed by atoms with Gasteiger partial charge in [-0.15, -0.1) is 0 Å². The third kappa shape index (κ3) is 2.53. The predicted molar refractivity (Wildman–Crippen MR) is 85.5 cm³/mol. The minimum atomic E-state index is -0.0982. The number of likely N-dealkylation sites (N-methyl/N-ethyl adjacent to an activating group) is 1. The number of rotatable bonds is 2. The second kappa shape index (κ2) is 5.07. The van der Waals surface area contributed by atoms with Crippen LogP contribution >= 0.6 is 0 Å². The minimum absolute atomic E-state index is 0.0928. The molecule has 0 amide bonds. The van der Waals surface area contributed by atoms with E-state index in [4.69, 9.17) is 0 Å². The lowest BCUT2D eigenvalue weighted by Crippen LogP contribution is -2.40. The number of aromatic hydroxyl groups is 3. The van der Waals surface area contributed by atoms with Crippen LogP contribution in [0.4, 0.5) is 0 Å². The Bertz CT molecular complexity index is 733. The first-order chi connectivity index (χ1) is 10.4. The van der Waals surface area contributed by atoms with Crippen LogP contribution in [0, 0.1) is 0 Å². The number of quaternary nitrogens is 1. The summed E-state index contributed by atoms with van der Waals surface area (Å²) in [5.41, 5.74) is 3.05. The van der Waals surface area contributed by atoms with E-state index in [0.29, 0.717) is 4.48 Å². The van der Waals surface area contributed by atoms with Crippen molar-refractivity contribution < 1.29 is 19.8 Å². The van der Waals surface area contributed by atoms with Crippen molar-refractivity contribution in [2.75, 3.05) is 14.1 Å². The van der Waals surface area contributed by atoms with Crippen molar-refractivity contribution in [1.82, 2.24) is 0 Å². The van der Waals surface area contributed by atoms with Gasteiger partial charge in [0.2, 0.25) is 0 Å². The summed E-state index contributed by atoms with van der Waals surface area (Å²) in [5, 5.41) is 29.0. The Morgan fingerprint density at radius 1 is 0.955 bits per heavy atom. The zero-order chi connectivity index (χ0) is 15.9. The van der Waals surface area contributed by atoms with Crippen molar-refractivity contribution in [2.24, 2.45) is 0 Å². The number of fused-ring (bicyclic) bond motifs is 1. The molecule has 22 heavy (non-hydrogen) atoms. The maximum atomic E-state index is 9.85. The van der Waals surface area contributed by atoms with Crippen LogP contribution in [0.5, 0.6) is 17.2 Å². The van der Waals surface area contributed by atoms with E-state index in [1.54, 1.807) is 24.3 Å². The quantitative estimate of drug-likeness (QED) is 0.589. The van der Waals surface area contributed by atoms with Crippen molar-refractivity contribution in [3.63, 3.8) is 0 Å². The lowest BCUT2D eigenvalue weighted by molar-refractivity contribution is -0.871. The van der Waals surface area contributed by atoms with Crippen LogP contribution < -0.4 is 0 Å². The van der Waals surface area contributed by atoms with E-state index in [1.165, 1.54) is 0 Å². The van der Waals surface area contributed by atoms with Gasteiger partial charge in [0, 0.05) is 12.0 Å². The van der Waals surface area contributed by atoms with Crippen molar-refractivity contribution in [3.05, 3.63) is 59.3 Å². The summed E-state index contributed by atoms with van der Waals surface area (Å²) in [6.07, 6.45) is 4.83. The molecule has 0 radical (unpaired) electrons. The molecule has 3 rings (SSSR count). The lowest BCUT2D eigenvalue weighted by atomic mass is 9.89. The molecule has 1 aliphatic heterocycles. The molecule has 0 saturated carbocycles. The molecule has 0 aromatic heterocycles. The smallest absolute Gasteiger partial charge is 0.158 e. The Morgan fingerprint density at radius 2 is 1.59 bits per heavy atom. The molecular weight excluding hydrogens is 278 g/mol. The van der Waals surface area contributed by atoms with Crippen molar-refractivity contribution in [2.45, 2.75) is 12.5 Å². The zero-order valence-electron chi connectivity index (χ0n) is 12.7. The van der Waals surface area contributed by atoms with Crippen LogP contribution in [-0.2, 0) is 6.42 Å². The predicted octanol–water partition coefficient (Wildman–Crippen LogP) is 3.15. The number of hydrogen-bond acceptors (Lipinski definition) is 3. The van der Waals surface area contributed by atoms with Gasteiger partial charge in [0.05, 0.1) is 20.3 Å². The average Bonchev–Trinajstić information content (AvgIpc) is 2.46. The molecule has 114 valence electrons. The monoisotopic (exact) mass is 298 g/mol. The summed E-state index contributed by atoms with van der Waals surface area (Å²) in [7, 11) is 4.21. The Kier molecular flexibility index (Phi) is 3.34. The Hall–Kier alpha value is -2.46. The zero-order valence-corrected chi connectivity index (χ0v) is 12.7. The van der Waals surface area contributed by atoms with E-state index in [0.717, 1.165) is 23.1 Å². The van der Waals surface area contributed by atoms with Gasteiger partial charge in [0.25, 0.3) is 0 Å². The second-order valence-corrected chi connectivity index (χ2v) is 6.30. The van der Waals surface area contributed by atoms with Gasteiger partial charge in [-0.05, 0) is 41.5 Å². The fraction of sp³-hybridized carbons (Fsp3) is 0.222. The van der Waals surface area contributed by atoms with Crippen molar-refractivity contribution in [1.29, 1.82) is 0 Å². The third-order valence-corrected chi connectivity index (χ3v) is 4.35. The summed E-state index contributed by atoms with van der Waals surface area (Å²) in [6.45, 7) is 0. The molecule has 0 saturated heterocycles. The fourth-order valence-electron chi connectivity index (χ4n) is 2.98. The van der Waals surface area contributed by atoms with E-state index in [9.17, 15) is 15.3 Å². The largest absolute Gasteiger partial charge is 0.508 e. The molecule has 3 N–H and O–H groups in total. The maximum Gasteiger partial charge on any atom is 0.158 e. The highest BCUT2D eigenvalue weighted by Gasteiger charge is 2.33. The first-order valence-corrected chi connectivity index (χ1v) is 7.23. The summed E-state index contributed by atoms with van der Waals surface area (Å²) in [4.78, 5) is 0.